The molecule has 0 nitrogen and oxygen atoms in total. The van der Waals surface area contributed by atoms with Crippen molar-refractivity contribution in [3.05, 3.63) is 18.7 Å². The van der Waals surface area contributed by atoms with Gasteiger partial charge >= 0.3 is 0 Å². The molecule has 0 saturated carbocycles. The molecule has 0 aliphatic carbocycles. The molecule has 0 fully saturated rings. The second-order valence-electron chi connectivity index (χ2n) is 10.3. The Morgan fingerprint density at radius 3 is 1.06 bits per heavy atom. The standard InChI is InChI=1S/C30H42Br2S4/c1-3-5-7-9-11-13-15-17-19-21-23-25(35-29(21)31)27-28(33-23)26-24(34-27)22(30(32)36-26)20-18-16-14-12-10-8-6-4-2/h3-20H2,1-2H3. The first kappa shape index (κ1) is 29.5. The number of fused-ring (bicyclic) bond motifs is 5. The highest BCUT2D eigenvalue weighted by atomic mass is 79.9. The Hall–Kier alpha value is 0.540. The predicted octanol–water partition coefficient (Wildman–Crippen LogP) is 14.3. The van der Waals surface area contributed by atoms with E-state index in [0.29, 0.717) is 0 Å². The summed E-state index contributed by atoms with van der Waals surface area (Å²) in [5.74, 6) is 0. The number of halogens is 2. The van der Waals surface area contributed by atoms with Crippen LogP contribution in [0.25, 0.3) is 28.2 Å². The molecule has 0 bridgehead atoms. The topological polar surface area (TPSA) is 0 Å². The van der Waals surface area contributed by atoms with Crippen LogP contribution in [0.4, 0.5) is 0 Å². The van der Waals surface area contributed by atoms with Crippen LogP contribution in [0.5, 0.6) is 0 Å². The van der Waals surface area contributed by atoms with Gasteiger partial charge in [0.2, 0.25) is 0 Å². The maximum atomic E-state index is 3.94. The van der Waals surface area contributed by atoms with Gasteiger partial charge in [0, 0.05) is 0 Å². The maximum Gasteiger partial charge on any atom is 0.0751 e. The zero-order valence-corrected chi connectivity index (χ0v) is 28.6. The molecule has 6 heteroatoms. The Kier molecular flexibility index (Phi) is 12.6. The van der Waals surface area contributed by atoms with Crippen molar-refractivity contribution in [3.8, 4) is 0 Å². The van der Waals surface area contributed by atoms with Gasteiger partial charge in [0.1, 0.15) is 0 Å². The van der Waals surface area contributed by atoms with E-state index in [2.05, 4.69) is 68.4 Å². The van der Waals surface area contributed by atoms with E-state index in [1.807, 2.05) is 22.7 Å². The minimum atomic E-state index is 1.23. The zero-order valence-electron chi connectivity index (χ0n) is 22.1. The molecule has 200 valence electrons. The average molecular weight is 691 g/mol. The van der Waals surface area contributed by atoms with Crippen LogP contribution in [0.1, 0.15) is 128 Å². The van der Waals surface area contributed by atoms with E-state index in [0.717, 1.165) is 0 Å². The van der Waals surface area contributed by atoms with Gasteiger partial charge in [-0.15, -0.1) is 45.3 Å². The summed E-state index contributed by atoms with van der Waals surface area (Å²) in [4.78, 5) is 0. The number of unbranched alkanes of at least 4 members (excludes halogenated alkanes) is 14. The van der Waals surface area contributed by atoms with E-state index < -0.39 is 0 Å². The van der Waals surface area contributed by atoms with Crippen molar-refractivity contribution in [1.82, 2.24) is 0 Å². The fraction of sp³-hybridized carbons (Fsp3) is 0.667. The Labute approximate surface area is 251 Å². The second-order valence-corrected chi connectivity index (χ2v) is 17.1. The lowest BCUT2D eigenvalue weighted by Gasteiger charge is -2.02. The first-order valence-electron chi connectivity index (χ1n) is 14.4. The van der Waals surface area contributed by atoms with Gasteiger partial charge in [-0.25, -0.2) is 0 Å². The fourth-order valence-electron chi connectivity index (χ4n) is 5.25. The average Bonchev–Trinajstić information content (AvgIpc) is 3.56. The van der Waals surface area contributed by atoms with Crippen molar-refractivity contribution >= 4 is 105 Å². The summed E-state index contributed by atoms with van der Waals surface area (Å²) in [7, 11) is 0. The minimum absolute atomic E-state index is 1.23. The highest BCUT2D eigenvalue weighted by Gasteiger charge is 2.22. The Morgan fingerprint density at radius 1 is 0.389 bits per heavy atom. The third kappa shape index (κ3) is 7.38. The van der Waals surface area contributed by atoms with Gasteiger partial charge in [0.05, 0.1) is 35.8 Å². The lowest BCUT2D eigenvalue weighted by atomic mass is 10.1. The molecular formula is C30H42Br2S4. The smallest absolute Gasteiger partial charge is 0.0751 e. The number of rotatable bonds is 18. The summed E-state index contributed by atoms with van der Waals surface area (Å²) in [5, 5.41) is 0. The minimum Gasteiger partial charge on any atom is -0.131 e. The van der Waals surface area contributed by atoms with Crippen molar-refractivity contribution in [2.24, 2.45) is 0 Å². The number of thiophene rings is 4. The highest BCUT2D eigenvalue weighted by Crippen LogP contribution is 2.54. The summed E-state index contributed by atoms with van der Waals surface area (Å²) in [5.41, 5.74) is 3.16. The van der Waals surface area contributed by atoms with Crippen molar-refractivity contribution in [2.75, 3.05) is 0 Å². The van der Waals surface area contributed by atoms with E-state index in [4.69, 9.17) is 0 Å². The van der Waals surface area contributed by atoms with E-state index in [9.17, 15) is 0 Å². The first-order chi connectivity index (χ1) is 17.7. The highest BCUT2D eigenvalue weighted by molar-refractivity contribution is 9.11. The van der Waals surface area contributed by atoms with Gasteiger partial charge in [0.25, 0.3) is 0 Å². The molecular weight excluding hydrogens is 648 g/mol. The molecule has 0 saturated heterocycles. The monoisotopic (exact) mass is 688 g/mol. The molecule has 0 radical (unpaired) electrons. The third-order valence-corrected chi connectivity index (χ3v) is 14.6. The summed E-state index contributed by atoms with van der Waals surface area (Å²) in [6, 6.07) is 0. The Bertz CT molecular complexity index is 1110. The lowest BCUT2D eigenvalue weighted by Crippen LogP contribution is -1.85. The molecule has 0 atom stereocenters. The Morgan fingerprint density at radius 2 is 0.694 bits per heavy atom. The van der Waals surface area contributed by atoms with Crippen LogP contribution in [-0.2, 0) is 12.8 Å². The molecule has 0 amide bonds. The van der Waals surface area contributed by atoms with Crippen LogP contribution in [0.15, 0.2) is 7.57 Å². The molecule has 0 aliphatic rings. The van der Waals surface area contributed by atoms with Crippen LogP contribution in [0.2, 0.25) is 0 Å². The molecule has 0 unspecified atom stereocenters. The van der Waals surface area contributed by atoms with Gasteiger partial charge < -0.3 is 0 Å². The van der Waals surface area contributed by atoms with Crippen LogP contribution < -0.4 is 0 Å². The third-order valence-electron chi connectivity index (χ3n) is 7.41. The van der Waals surface area contributed by atoms with Crippen LogP contribution in [0, 0.1) is 0 Å². The molecule has 36 heavy (non-hydrogen) atoms. The zero-order chi connectivity index (χ0) is 25.3. The number of hydrogen-bond acceptors (Lipinski definition) is 4. The van der Waals surface area contributed by atoms with E-state index in [-0.39, 0.29) is 0 Å². The second kappa shape index (κ2) is 15.4. The normalized spacial score (nSPS) is 12.2. The van der Waals surface area contributed by atoms with E-state index in [1.54, 1.807) is 39.3 Å². The lowest BCUT2D eigenvalue weighted by molar-refractivity contribution is 0.576. The van der Waals surface area contributed by atoms with Gasteiger partial charge in [-0.3, -0.25) is 0 Å². The molecule has 0 spiro atoms. The quantitative estimate of drug-likeness (QED) is 0.0912. The predicted molar refractivity (Wildman–Crippen MR) is 178 cm³/mol. The molecule has 4 aromatic heterocycles. The van der Waals surface area contributed by atoms with Crippen LogP contribution in [0.3, 0.4) is 0 Å². The van der Waals surface area contributed by atoms with Gasteiger partial charge in [-0.05, 0) is 68.7 Å². The molecule has 4 aromatic rings. The van der Waals surface area contributed by atoms with Gasteiger partial charge in [0.15, 0.2) is 0 Å². The van der Waals surface area contributed by atoms with Crippen LogP contribution in [-0.4, -0.2) is 0 Å². The number of aryl methyl sites for hydroxylation is 2. The Balaban J connectivity index is 1.36. The SMILES string of the molecule is CCCCCCCCCCc1c(Br)sc2c1sc1c3sc(Br)c(CCCCCCCCCC)c3sc21. The maximum absolute atomic E-state index is 3.94. The van der Waals surface area contributed by atoms with Crippen LogP contribution >= 0.6 is 77.2 Å². The molecule has 0 aliphatic heterocycles. The van der Waals surface area contributed by atoms with Gasteiger partial charge in [-0.1, -0.05) is 104 Å². The molecule has 4 rings (SSSR count). The van der Waals surface area contributed by atoms with E-state index >= 15 is 0 Å². The summed E-state index contributed by atoms with van der Waals surface area (Å²) in [6.07, 6.45) is 24.7. The molecule has 4 heterocycles. The molecule has 0 N–H and O–H groups in total. The molecule has 0 aromatic carbocycles. The summed E-state index contributed by atoms with van der Waals surface area (Å²) >= 11 is 16.0. The van der Waals surface area contributed by atoms with Crippen molar-refractivity contribution in [2.45, 2.75) is 129 Å². The summed E-state index contributed by atoms with van der Waals surface area (Å²) < 4.78 is 12.1. The van der Waals surface area contributed by atoms with Crippen molar-refractivity contribution in [1.29, 1.82) is 0 Å². The number of hydrogen-bond donors (Lipinski definition) is 0. The van der Waals surface area contributed by atoms with E-state index in [1.165, 1.54) is 123 Å². The van der Waals surface area contributed by atoms with Gasteiger partial charge in [-0.2, -0.15) is 0 Å². The van der Waals surface area contributed by atoms with Crippen molar-refractivity contribution in [3.63, 3.8) is 0 Å². The largest absolute Gasteiger partial charge is 0.131 e. The van der Waals surface area contributed by atoms with Crippen molar-refractivity contribution < 1.29 is 0 Å². The summed E-state index contributed by atoms with van der Waals surface area (Å²) in [6.45, 7) is 4.60. The first-order valence-corrected chi connectivity index (χ1v) is 19.2. The fourth-order valence-corrected chi connectivity index (χ4v) is 13.0.